The summed E-state index contributed by atoms with van der Waals surface area (Å²) in [6.45, 7) is 1.70. The molecule has 0 unspecified atom stereocenters. The Morgan fingerprint density at radius 2 is 1.75 bits per heavy atom. The molecule has 146 valence electrons. The SMILES string of the molecule is COc1ccc(C=C2C(=O)N(c3ccc(S(=O)(=O)O)cc3)N=C2C)c(OC)c1. The molecule has 0 atom stereocenters. The van der Waals surface area contributed by atoms with Crippen LogP contribution in [0, 0.1) is 0 Å². The minimum Gasteiger partial charge on any atom is -0.497 e. The Hall–Kier alpha value is -3.17. The second kappa shape index (κ2) is 7.45. The van der Waals surface area contributed by atoms with Gasteiger partial charge in [0.05, 0.1) is 36.1 Å². The molecule has 8 nitrogen and oxygen atoms in total. The number of ether oxygens (including phenoxy) is 2. The highest BCUT2D eigenvalue weighted by Crippen LogP contribution is 2.30. The van der Waals surface area contributed by atoms with E-state index in [9.17, 15) is 13.2 Å². The van der Waals surface area contributed by atoms with Gasteiger partial charge < -0.3 is 9.47 Å². The molecule has 0 fully saturated rings. The van der Waals surface area contributed by atoms with E-state index in [1.54, 1.807) is 38.3 Å². The number of hydrogen-bond donors (Lipinski definition) is 1. The van der Waals surface area contributed by atoms with Crippen LogP contribution >= 0.6 is 0 Å². The molecular weight excluding hydrogens is 384 g/mol. The Kier molecular flexibility index (Phi) is 5.21. The fourth-order valence-corrected chi connectivity index (χ4v) is 3.19. The topological polar surface area (TPSA) is 106 Å². The van der Waals surface area contributed by atoms with Crippen LogP contribution in [0.15, 0.2) is 58.0 Å². The average molecular weight is 402 g/mol. The lowest BCUT2D eigenvalue weighted by atomic mass is 10.1. The molecule has 28 heavy (non-hydrogen) atoms. The molecule has 1 aliphatic heterocycles. The van der Waals surface area contributed by atoms with Crippen molar-refractivity contribution in [1.29, 1.82) is 0 Å². The molecular formula is C19H18N2O6S. The van der Waals surface area contributed by atoms with Gasteiger partial charge in [-0.2, -0.15) is 18.5 Å². The second-order valence-electron chi connectivity index (χ2n) is 5.94. The van der Waals surface area contributed by atoms with Crippen LogP contribution in [0.3, 0.4) is 0 Å². The minimum absolute atomic E-state index is 0.262. The highest BCUT2D eigenvalue weighted by molar-refractivity contribution is 7.85. The third-order valence-electron chi connectivity index (χ3n) is 4.18. The minimum atomic E-state index is -4.31. The Bertz CT molecular complexity index is 1090. The van der Waals surface area contributed by atoms with Gasteiger partial charge in [-0.15, -0.1) is 0 Å². The van der Waals surface area contributed by atoms with Gasteiger partial charge in [0, 0.05) is 11.6 Å². The fourth-order valence-electron chi connectivity index (χ4n) is 2.71. The summed E-state index contributed by atoms with van der Waals surface area (Å²) in [7, 11) is -1.23. The van der Waals surface area contributed by atoms with Crippen molar-refractivity contribution in [2.75, 3.05) is 19.2 Å². The number of anilines is 1. The fraction of sp³-hybridized carbons (Fsp3) is 0.158. The third kappa shape index (κ3) is 3.75. The number of hydrazone groups is 1. The molecule has 0 radical (unpaired) electrons. The van der Waals surface area contributed by atoms with Gasteiger partial charge in [0.1, 0.15) is 11.5 Å². The van der Waals surface area contributed by atoms with E-state index < -0.39 is 10.1 Å². The maximum atomic E-state index is 12.8. The maximum Gasteiger partial charge on any atom is 0.294 e. The van der Waals surface area contributed by atoms with E-state index >= 15 is 0 Å². The van der Waals surface area contributed by atoms with Crippen molar-refractivity contribution < 1.29 is 27.2 Å². The van der Waals surface area contributed by atoms with Crippen molar-refractivity contribution in [2.45, 2.75) is 11.8 Å². The molecule has 0 saturated heterocycles. The van der Waals surface area contributed by atoms with Crippen LogP contribution in [-0.4, -0.2) is 38.8 Å². The number of benzene rings is 2. The molecule has 1 amide bonds. The van der Waals surface area contributed by atoms with Gasteiger partial charge in [0.15, 0.2) is 0 Å². The first-order valence-electron chi connectivity index (χ1n) is 8.16. The van der Waals surface area contributed by atoms with Crippen LogP contribution in [0.1, 0.15) is 12.5 Å². The molecule has 3 rings (SSSR count). The number of hydrogen-bond acceptors (Lipinski definition) is 6. The third-order valence-corrected chi connectivity index (χ3v) is 5.05. The number of carbonyl (C=O) groups excluding carboxylic acids is 1. The summed E-state index contributed by atoms with van der Waals surface area (Å²) in [5.41, 5.74) is 1.94. The molecule has 1 N–H and O–H groups in total. The van der Waals surface area contributed by atoms with Gasteiger partial charge >= 0.3 is 0 Å². The van der Waals surface area contributed by atoms with Gasteiger partial charge in [-0.05, 0) is 49.4 Å². The average Bonchev–Trinajstić information content (AvgIpc) is 2.96. The zero-order valence-corrected chi connectivity index (χ0v) is 16.2. The summed E-state index contributed by atoms with van der Waals surface area (Å²) in [5.74, 6) is 0.807. The lowest BCUT2D eigenvalue weighted by molar-refractivity contribution is -0.114. The Labute approximate surface area is 162 Å². The zero-order chi connectivity index (χ0) is 20.5. The summed E-state index contributed by atoms with van der Waals surface area (Å²) in [4.78, 5) is 12.6. The first kappa shape index (κ1) is 19.6. The van der Waals surface area contributed by atoms with Gasteiger partial charge in [0.2, 0.25) is 0 Å². The van der Waals surface area contributed by atoms with E-state index in [0.29, 0.717) is 34.0 Å². The standard InChI is InChI=1S/C19H18N2O6S/c1-12-17(10-13-4-7-15(26-2)11-18(13)27-3)19(22)21(20-12)14-5-8-16(9-6-14)28(23,24)25/h4-11H,1-3H3,(H,23,24,25). The molecule has 0 bridgehead atoms. The predicted molar refractivity (Wildman–Crippen MR) is 104 cm³/mol. The van der Waals surface area contributed by atoms with Crippen LogP contribution in [0.2, 0.25) is 0 Å². The highest BCUT2D eigenvalue weighted by Gasteiger charge is 2.29. The van der Waals surface area contributed by atoms with E-state index in [4.69, 9.17) is 14.0 Å². The predicted octanol–water partition coefficient (Wildman–Crippen LogP) is 2.76. The van der Waals surface area contributed by atoms with Crippen molar-refractivity contribution in [3.63, 3.8) is 0 Å². The van der Waals surface area contributed by atoms with Crippen LogP contribution in [0.4, 0.5) is 5.69 Å². The number of methoxy groups -OCH3 is 2. The van der Waals surface area contributed by atoms with E-state index in [1.807, 2.05) is 0 Å². The number of carbonyl (C=O) groups is 1. The summed E-state index contributed by atoms with van der Waals surface area (Å²) in [6, 6.07) is 10.4. The zero-order valence-electron chi connectivity index (χ0n) is 15.4. The molecule has 2 aromatic carbocycles. The summed E-state index contributed by atoms with van der Waals surface area (Å²) in [5, 5.41) is 5.42. The molecule has 0 saturated carbocycles. The first-order chi connectivity index (χ1) is 13.2. The smallest absolute Gasteiger partial charge is 0.294 e. The molecule has 0 aliphatic carbocycles. The van der Waals surface area contributed by atoms with E-state index in [1.165, 1.54) is 36.4 Å². The van der Waals surface area contributed by atoms with Crippen molar-refractivity contribution in [3.8, 4) is 11.5 Å². The van der Waals surface area contributed by atoms with Gasteiger partial charge in [-0.1, -0.05) is 0 Å². The Morgan fingerprint density at radius 3 is 2.32 bits per heavy atom. The molecule has 1 aliphatic rings. The van der Waals surface area contributed by atoms with Gasteiger partial charge in [-0.3, -0.25) is 9.35 Å². The number of rotatable bonds is 5. The van der Waals surface area contributed by atoms with Crippen molar-refractivity contribution >= 4 is 33.5 Å². The second-order valence-corrected chi connectivity index (χ2v) is 7.36. The summed E-state index contributed by atoms with van der Waals surface area (Å²) >= 11 is 0. The van der Waals surface area contributed by atoms with Crippen LogP contribution < -0.4 is 14.5 Å². The summed E-state index contributed by atoms with van der Waals surface area (Å²) in [6.07, 6.45) is 1.67. The van der Waals surface area contributed by atoms with Crippen LogP contribution in [-0.2, 0) is 14.9 Å². The Morgan fingerprint density at radius 1 is 1.07 bits per heavy atom. The number of nitrogens with zero attached hydrogens (tertiary/aromatic N) is 2. The molecule has 0 aromatic heterocycles. The van der Waals surface area contributed by atoms with Crippen molar-refractivity contribution in [2.24, 2.45) is 5.10 Å². The number of amides is 1. The van der Waals surface area contributed by atoms with E-state index in [2.05, 4.69) is 5.10 Å². The van der Waals surface area contributed by atoms with Gasteiger partial charge in [-0.25, -0.2) is 0 Å². The lowest BCUT2D eigenvalue weighted by Gasteiger charge is -2.12. The van der Waals surface area contributed by atoms with Crippen molar-refractivity contribution in [1.82, 2.24) is 0 Å². The van der Waals surface area contributed by atoms with Crippen LogP contribution in [0.25, 0.3) is 6.08 Å². The van der Waals surface area contributed by atoms with E-state index in [-0.39, 0.29) is 10.8 Å². The largest absolute Gasteiger partial charge is 0.497 e. The molecule has 2 aromatic rings. The molecule has 9 heteroatoms. The molecule has 1 heterocycles. The summed E-state index contributed by atoms with van der Waals surface area (Å²) < 4.78 is 41.9. The monoisotopic (exact) mass is 402 g/mol. The molecule has 0 spiro atoms. The Balaban J connectivity index is 1.94. The maximum absolute atomic E-state index is 12.8. The normalized spacial score (nSPS) is 15.7. The quantitative estimate of drug-likeness (QED) is 0.609. The van der Waals surface area contributed by atoms with Crippen LogP contribution in [0.5, 0.6) is 11.5 Å². The highest BCUT2D eigenvalue weighted by atomic mass is 32.2. The lowest BCUT2D eigenvalue weighted by Crippen LogP contribution is -2.21. The first-order valence-corrected chi connectivity index (χ1v) is 9.60. The van der Waals surface area contributed by atoms with E-state index in [0.717, 1.165) is 0 Å². The van der Waals surface area contributed by atoms with Gasteiger partial charge in [0.25, 0.3) is 16.0 Å². The van der Waals surface area contributed by atoms with Crippen molar-refractivity contribution in [3.05, 3.63) is 53.6 Å².